The van der Waals surface area contributed by atoms with Crippen molar-refractivity contribution >= 4 is 52.8 Å². The van der Waals surface area contributed by atoms with Gasteiger partial charge < -0.3 is 10.4 Å². The average Bonchev–Trinajstić information content (AvgIpc) is 3.51. The van der Waals surface area contributed by atoms with Gasteiger partial charge in [0.15, 0.2) is 0 Å². The SMILES string of the molecule is O=C(NC1(C(=O)O)CC1)c1ccc(/C=C/C(c2cc(Cl)c(Cl)c(Cl)c2)C(F)(F)F)cc1C(F)(F)F. The van der Waals surface area contributed by atoms with Gasteiger partial charge in [0.05, 0.1) is 32.1 Å². The first-order valence-corrected chi connectivity index (χ1v) is 10.8. The Kier molecular flexibility index (Phi) is 7.41. The van der Waals surface area contributed by atoms with Gasteiger partial charge in [-0.05, 0) is 48.2 Å². The molecular formula is C22H14Cl3F6NO3. The summed E-state index contributed by atoms with van der Waals surface area (Å²) in [6.45, 7) is 0. The van der Waals surface area contributed by atoms with Crippen LogP contribution in [0.3, 0.4) is 0 Å². The Bertz CT molecular complexity index is 1180. The molecule has 0 aromatic heterocycles. The molecule has 1 aliphatic carbocycles. The van der Waals surface area contributed by atoms with E-state index in [0.717, 1.165) is 30.3 Å². The summed E-state index contributed by atoms with van der Waals surface area (Å²) in [6.07, 6.45) is -8.34. The fourth-order valence-electron chi connectivity index (χ4n) is 3.27. The number of carboxylic acid groups (broad SMARTS) is 1. The first-order valence-electron chi connectivity index (χ1n) is 9.72. The van der Waals surface area contributed by atoms with Crippen LogP contribution >= 0.6 is 34.8 Å². The van der Waals surface area contributed by atoms with Gasteiger partial charge in [0.2, 0.25) is 0 Å². The molecule has 0 spiro atoms. The molecule has 2 N–H and O–H groups in total. The minimum Gasteiger partial charge on any atom is -0.480 e. The number of halogens is 9. The van der Waals surface area contributed by atoms with Gasteiger partial charge in [-0.25, -0.2) is 4.79 Å². The van der Waals surface area contributed by atoms with Gasteiger partial charge >= 0.3 is 18.3 Å². The van der Waals surface area contributed by atoms with Crippen LogP contribution in [-0.2, 0) is 11.0 Å². The average molecular weight is 561 g/mol. The summed E-state index contributed by atoms with van der Waals surface area (Å²) in [5, 5.41) is 10.6. The smallest absolute Gasteiger partial charge is 0.417 e. The van der Waals surface area contributed by atoms with Crippen molar-refractivity contribution in [1.82, 2.24) is 5.32 Å². The van der Waals surface area contributed by atoms with Crippen LogP contribution in [0.5, 0.6) is 0 Å². The van der Waals surface area contributed by atoms with Crippen molar-refractivity contribution in [2.45, 2.75) is 36.7 Å². The fourth-order valence-corrected chi connectivity index (χ4v) is 3.88. The standard InChI is InChI=1S/C22H14Cl3F6NO3/c23-15-8-11(9-16(24)17(15)25)13(21(26,27)28)4-2-10-1-3-12(14(7-10)22(29,30)31)18(33)32-20(5-6-20)19(34)35/h1-4,7-9,13H,5-6H2,(H,32,33)(H,34,35)/b4-2+. The van der Waals surface area contributed by atoms with E-state index in [1.54, 1.807) is 0 Å². The Morgan fingerprint density at radius 3 is 2.03 bits per heavy atom. The molecule has 1 atom stereocenters. The van der Waals surface area contributed by atoms with Gasteiger partial charge in [0.1, 0.15) is 5.54 Å². The van der Waals surface area contributed by atoms with Crippen molar-refractivity contribution in [1.29, 1.82) is 0 Å². The summed E-state index contributed by atoms with van der Waals surface area (Å²) in [5.74, 6) is -4.91. The zero-order valence-corrected chi connectivity index (χ0v) is 19.5. The largest absolute Gasteiger partial charge is 0.480 e. The lowest BCUT2D eigenvalue weighted by Crippen LogP contribution is -2.43. The molecule has 1 amide bonds. The van der Waals surface area contributed by atoms with Crippen LogP contribution in [0.4, 0.5) is 26.3 Å². The maximum atomic E-state index is 13.7. The Hall–Kier alpha value is -2.43. The Balaban J connectivity index is 1.97. The lowest BCUT2D eigenvalue weighted by molar-refractivity contribution is -0.140. The van der Waals surface area contributed by atoms with Crippen LogP contribution in [-0.4, -0.2) is 28.7 Å². The van der Waals surface area contributed by atoms with E-state index in [9.17, 15) is 35.9 Å². The molecule has 0 radical (unpaired) electrons. The summed E-state index contributed by atoms with van der Waals surface area (Å²) in [7, 11) is 0. The monoisotopic (exact) mass is 559 g/mol. The maximum Gasteiger partial charge on any atom is 0.417 e. The second-order valence-electron chi connectivity index (χ2n) is 7.82. The minimum atomic E-state index is -5.04. The van der Waals surface area contributed by atoms with E-state index in [2.05, 4.69) is 5.32 Å². The van der Waals surface area contributed by atoms with Gasteiger partial charge in [-0.2, -0.15) is 26.3 Å². The summed E-state index contributed by atoms with van der Waals surface area (Å²) >= 11 is 17.4. The number of aliphatic carboxylic acids is 1. The molecule has 2 aromatic carbocycles. The quantitative estimate of drug-likeness (QED) is 0.286. The molecule has 3 rings (SSSR count). The molecule has 0 heterocycles. The second kappa shape index (κ2) is 9.55. The molecule has 1 aliphatic rings. The van der Waals surface area contributed by atoms with E-state index < -0.39 is 46.8 Å². The predicted molar refractivity (Wildman–Crippen MR) is 118 cm³/mol. The molecular weight excluding hydrogens is 547 g/mol. The van der Waals surface area contributed by atoms with Crippen molar-refractivity contribution in [2.75, 3.05) is 0 Å². The van der Waals surface area contributed by atoms with E-state index >= 15 is 0 Å². The van der Waals surface area contributed by atoms with Crippen LogP contribution in [0.15, 0.2) is 36.4 Å². The summed E-state index contributed by atoms with van der Waals surface area (Å²) in [5.41, 5.74) is -4.58. The van der Waals surface area contributed by atoms with Crippen LogP contribution in [0.1, 0.15) is 45.8 Å². The number of hydrogen-bond donors (Lipinski definition) is 2. The van der Waals surface area contributed by atoms with Gasteiger partial charge in [0, 0.05) is 0 Å². The van der Waals surface area contributed by atoms with Crippen LogP contribution < -0.4 is 5.32 Å². The number of carbonyl (C=O) groups excluding carboxylic acids is 1. The highest BCUT2D eigenvalue weighted by atomic mass is 35.5. The minimum absolute atomic E-state index is 0.0633. The molecule has 0 bridgehead atoms. The third-order valence-electron chi connectivity index (χ3n) is 5.30. The third kappa shape index (κ3) is 6.05. The molecule has 1 fully saturated rings. The summed E-state index contributed by atoms with van der Waals surface area (Å²) in [4.78, 5) is 23.6. The summed E-state index contributed by atoms with van der Waals surface area (Å²) in [6, 6.07) is 4.18. The number of carboxylic acids is 1. The maximum absolute atomic E-state index is 13.7. The Labute approximate surface area is 209 Å². The molecule has 188 valence electrons. The first kappa shape index (κ1) is 27.2. The molecule has 2 aromatic rings. The molecule has 13 heteroatoms. The molecule has 0 aliphatic heterocycles. The van der Waals surface area contributed by atoms with Gasteiger partial charge in [-0.3, -0.25) is 4.79 Å². The highest BCUT2D eigenvalue weighted by Crippen LogP contribution is 2.42. The molecule has 4 nitrogen and oxygen atoms in total. The van der Waals surface area contributed by atoms with E-state index in [0.29, 0.717) is 12.1 Å². The number of hydrogen-bond acceptors (Lipinski definition) is 2. The second-order valence-corrected chi connectivity index (χ2v) is 9.01. The Morgan fingerprint density at radius 1 is 1.00 bits per heavy atom. The first-order chi connectivity index (χ1) is 16.0. The molecule has 35 heavy (non-hydrogen) atoms. The van der Waals surface area contributed by atoms with Crippen molar-refractivity contribution in [3.05, 3.63) is 73.7 Å². The van der Waals surface area contributed by atoms with E-state index in [1.807, 2.05) is 0 Å². The highest BCUT2D eigenvalue weighted by Gasteiger charge is 2.52. The number of nitrogens with one attached hydrogen (secondary N) is 1. The topological polar surface area (TPSA) is 66.4 Å². The van der Waals surface area contributed by atoms with Crippen LogP contribution in [0.25, 0.3) is 6.08 Å². The van der Waals surface area contributed by atoms with E-state index in [1.165, 1.54) is 0 Å². The van der Waals surface area contributed by atoms with Crippen molar-refractivity contribution < 1.29 is 41.0 Å². The zero-order chi connectivity index (χ0) is 26.3. The number of carbonyl (C=O) groups is 2. The predicted octanol–water partition coefficient (Wildman–Crippen LogP) is 7.37. The van der Waals surface area contributed by atoms with Gasteiger partial charge in [-0.1, -0.05) is 53.0 Å². The van der Waals surface area contributed by atoms with Crippen LogP contribution in [0, 0.1) is 0 Å². The number of alkyl halides is 6. The fraction of sp³-hybridized carbons (Fsp3) is 0.273. The van der Waals surface area contributed by atoms with Crippen molar-refractivity contribution in [3.8, 4) is 0 Å². The van der Waals surface area contributed by atoms with E-state index in [-0.39, 0.29) is 39.0 Å². The zero-order valence-electron chi connectivity index (χ0n) is 17.2. The molecule has 0 saturated heterocycles. The summed E-state index contributed by atoms with van der Waals surface area (Å²) < 4.78 is 82.0. The normalized spacial score (nSPS) is 16.3. The van der Waals surface area contributed by atoms with E-state index in [4.69, 9.17) is 39.9 Å². The number of rotatable bonds is 6. The lowest BCUT2D eigenvalue weighted by Gasteiger charge is -2.19. The van der Waals surface area contributed by atoms with Gasteiger partial charge in [0.25, 0.3) is 5.91 Å². The molecule has 1 saturated carbocycles. The number of amides is 1. The highest BCUT2D eigenvalue weighted by molar-refractivity contribution is 6.48. The molecule has 1 unspecified atom stereocenters. The number of allylic oxidation sites excluding steroid dienone is 1. The van der Waals surface area contributed by atoms with Crippen LogP contribution in [0.2, 0.25) is 15.1 Å². The van der Waals surface area contributed by atoms with Crippen molar-refractivity contribution in [2.24, 2.45) is 0 Å². The lowest BCUT2D eigenvalue weighted by atomic mass is 9.96. The Morgan fingerprint density at radius 2 is 1.57 bits per heavy atom. The number of benzene rings is 2. The third-order valence-corrected chi connectivity index (χ3v) is 6.50. The van der Waals surface area contributed by atoms with Gasteiger partial charge in [-0.15, -0.1) is 0 Å². The van der Waals surface area contributed by atoms with Crippen molar-refractivity contribution in [3.63, 3.8) is 0 Å².